The van der Waals surface area contributed by atoms with Crippen LogP contribution in [0.5, 0.6) is 5.75 Å². The predicted molar refractivity (Wildman–Crippen MR) is 83.8 cm³/mol. The second-order valence-electron chi connectivity index (χ2n) is 5.54. The van der Waals surface area contributed by atoms with Gasteiger partial charge in [0.1, 0.15) is 5.75 Å². The maximum Gasteiger partial charge on any atom is 0.122 e. The molecule has 0 atom stereocenters. The van der Waals surface area contributed by atoms with E-state index in [0.717, 1.165) is 31.7 Å². The Balaban J connectivity index is 1.61. The maximum atomic E-state index is 5.54. The molecule has 0 saturated heterocycles. The first-order valence-electron chi connectivity index (χ1n) is 7.28. The fourth-order valence-electron chi connectivity index (χ4n) is 2.66. The summed E-state index contributed by atoms with van der Waals surface area (Å²) in [6.07, 6.45) is 2.09. The lowest BCUT2D eigenvalue weighted by Crippen LogP contribution is -2.06. The smallest absolute Gasteiger partial charge is 0.122 e. The minimum absolute atomic E-state index is 0.833. The zero-order chi connectivity index (χ0) is 13.9. The van der Waals surface area contributed by atoms with E-state index in [4.69, 9.17) is 4.74 Å². The molecule has 104 valence electrons. The first-order chi connectivity index (χ1) is 9.72. The van der Waals surface area contributed by atoms with E-state index in [1.54, 1.807) is 0 Å². The van der Waals surface area contributed by atoms with Gasteiger partial charge in [-0.3, -0.25) is 0 Å². The van der Waals surface area contributed by atoms with Crippen molar-refractivity contribution < 1.29 is 4.74 Å². The Morgan fingerprint density at radius 2 is 2.00 bits per heavy atom. The summed E-state index contributed by atoms with van der Waals surface area (Å²) >= 11 is 0. The van der Waals surface area contributed by atoms with Gasteiger partial charge in [0.15, 0.2) is 0 Å². The number of nitrogens with one attached hydrogen (secondary N) is 1. The van der Waals surface area contributed by atoms with E-state index in [2.05, 4.69) is 55.6 Å². The standard InChI is InChI=1S/C18H21NO/c1-13-3-4-14(2)17(11-13)19-9-7-15-5-6-18-16(12-15)8-10-20-18/h3-6,11-12,19H,7-10H2,1-2H3. The number of hydrogen-bond acceptors (Lipinski definition) is 2. The van der Waals surface area contributed by atoms with Crippen LogP contribution in [0.2, 0.25) is 0 Å². The van der Waals surface area contributed by atoms with E-state index in [1.807, 2.05) is 0 Å². The summed E-state index contributed by atoms with van der Waals surface area (Å²) in [5.74, 6) is 1.07. The summed E-state index contributed by atoms with van der Waals surface area (Å²) in [4.78, 5) is 0. The van der Waals surface area contributed by atoms with Gasteiger partial charge < -0.3 is 10.1 Å². The van der Waals surface area contributed by atoms with Gasteiger partial charge in [0, 0.05) is 18.7 Å². The van der Waals surface area contributed by atoms with Crippen LogP contribution in [-0.4, -0.2) is 13.2 Å². The van der Waals surface area contributed by atoms with Gasteiger partial charge in [-0.05, 0) is 54.7 Å². The molecule has 20 heavy (non-hydrogen) atoms. The topological polar surface area (TPSA) is 21.3 Å². The highest BCUT2D eigenvalue weighted by molar-refractivity contribution is 5.52. The minimum atomic E-state index is 0.833. The molecule has 2 heteroatoms. The Morgan fingerprint density at radius 3 is 2.90 bits per heavy atom. The van der Waals surface area contributed by atoms with Crippen molar-refractivity contribution in [1.82, 2.24) is 0 Å². The Hall–Kier alpha value is -1.96. The van der Waals surface area contributed by atoms with Crippen molar-refractivity contribution in [1.29, 1.82) is 0 Å². The molecule has 0 saturated carbocycles. The SMILES string of the molecule is Cc1ccc(C)c(NCCc2ccc3c(c2)CCO3)c1. The predicted octanol–water partition coefficient (Wildman–Crippen LogP) is 3.89. The van der Waals surface area contributed by atoms with Crippen molar-refractivity contribution in [3.05, 3.63) is 58.7 Å². The number of hydrogen-bond donors (Lipinski definition) is 1. The molecule has 0 unspecified atom stereocenters. The van der Waals surface area contributed by atoms with Gasteiger partial charge in [0.2, 0.25) is 0 Å². The summed E-state index contributed by atoms with van der Waals surface area (Å²) in [5.41, 5.74) is 6.58. The molecule has 2 nitrogen and oxygen atoms in total. The zero-order valence-electron chi connectivity index (χ0n) is 12.2. The first kappa shape index (κ1) is 13.0. The molecule has 3 rings (SSSR count). The number of fused-ring (bicyclic) bond motifs is 1. The summed E-state index contributed by atoms with van der Waals surface area (Å²) in [7, 11) is 0. The number of rotatable bonds is 4. The molecule has 0 amide bonds. The quantitative estimate of drug-likeness (QED) is 0.907. The van der Waals surface area contributed by atoms with Crippen LogP contribution in [0.1, 0.15) is 22.3 Å². The van der Waals surface area contributed by atoms with Crippen LogP contribution in [0.3, 0.4) is 0 Å². The Morgan fingerprint density at radius 1 is 1.10 bits per heavy atom. The maximum absolute atomic E-state index is 5.54. The third kappa shape index (κ3) is 2.79. The lowest BCUT2D eigenvalue weighted by molar-refractivity contribution is 0.357. The molecule has 0 radical (unpaired) electrons. The molecule has 1 heterocycles. The van der Waals surface area contributed by atoms with E-state index in [1.165, 1.54) is 27.9 Å². The van der Waals surface area contributed by atoms with Gasteiger partial charge in [-0.15, -0.1) is 0 Å². The lowest BCUT2D eigenvalue weighted by Gasteiger charge is -2.11. The van der Waals surface area contributed by atoms with Crippen molar-refractivity contribution in [3.63, 3.8) is 0 Å². The molecule has 0 spiro atoms. The molecular weight excluding hydrogens is 246 g/mol. The highest BCUT2D eigenvalue weighted by atomic mass is 16.5. The van der Waals surface area contributed by atoms with Gasteiger partial charge in [-0.1, -0.05) is 24.3 Å². The Labute approximate surface area is 120 Å². The van der Waals surface area contributed by atoms with Crippen LogP contribution in [0, 0.1) is 13.8 Å². The number of ether oxygens (including phenoxy) is 1. The van der Waals surface area contributed by atoms with Crippen LogP contribution >= 0.6 is 0 Å². The van der Waals surface area contributed by atoms with Gasteiger partial charge in [-0.25, -0.2) is 0 Å². The normalized spacial score (nSPS) is 12.9. The summed E-state index contributed by atoms with van der Waals surface area (Å²) < 4.78 is 5.54. The van der Waals surface area contributed by atoms with Crippen molar-refractivity contribution in [2.45, 2.75) is 26.7 Å². The van der Waals surface area contributed by atoms with Crippen molar-refractivity contribution >= 4 is 5.69 Å². The van der Waals surface area contributed by atoms with Crippen molar-refractivity contribution in [3.8, 4) is 5.75 Å². The molecule has 2 aromatic carbocycles. The number of benzene rings is 2. The highest BCUT2D eigenvalue weighted by Gasteiger charge is 2.11. The molecule has 0 bridgehead atoms. The molecule has 1 aliphatic heterocycles. The molecular formula is C18H21NO. The third-order valence-corrected chi connectivity index (χ3v) is 3.88. The zero-order valence-corrected chi connectivity index (χ0v) is 12.2. The van der Waals surface area contributed by atoms with E-state index < -0.39 is 0 Å². The van der Waals surface area contributed by atoms with Gasteiger partial charge >= 0.3 is 0 Å². The van der Waals surface area contributed by atoms with E-state index >= 15 is 0 Å². The minimum Gasteiger partial charge on any atom is -0.493 e. The van der Waals surface area contributed by atoms with Crippen LogP contribution in [0.15, 0.2) is 36.4 Å². The van der Waals surface area contributed by atoms with Gasteiger partial charge in [-0.2, -0.15) is 0 Å². The van der Waals surface area contributed by atoms with E-state index in [9.17, 15) is 0 Å². The van der Waals surface area contributed by atoms with Crippen LogP contribution < -0.4 is 10.1 Å². The van der Waals surface area contributed by atoms with Crippen LogP contribution in [0.25, 0.3) is 0 Å². The molecule has 0 fully saturated rings. The van der Waals surface area contributed by atoms with Gasteiger partial charge in [0.05, 0.1) is 6.61 Å². The van der Waals surface area contributed by atoms with Crippen LogP contribution in [0.4, 0.5) is 5.69 Å². The Bertz CT molecular complexity index is 619. The lowest BCUT2D eigenvalue weighted by atomic mass is 10.1. The molecule has 1 aliphatic rings. The van der Waals surface area contributed by atoms with E-state index in [-0.39, 0.29) is 0 Å². The van der Waals surface area contributed by atoms with E-state index in [0.29, 0.717) is 0 Å². The average molecular weight is 267 g/mol. The molecule has 0 aromatic heterocycles. The van der Waals surface area contributed by atoms with Crippen molar-refractivity contribution in [2.24, 2.45) is 0 Å². The largest absolute Gasteiger partial charge is 0.493 e. The highest BCUT2D eigenvalue weighted by Crippen LogP contribution is 2.26. The fraction of sp³-hybridized carbons (Fsp3) is 0.333. The second kappa shape index (κ2) is 5.58. The fourth-order valence-corrected chi connectivity index (χ4v) is 2.66. The average Bonchev–Trinajstić information content (AvgIpc) is 2.90. The number of aryl methyl sites for hydroxylation is 2. The van der Waals surface area contributed by atoms with Crippen molar-refractivity contribution in [2.75, 3.05) is 18.5 Å². The molecule has 2 aromatic rings. The van der Waals surface area contributed by atoms with Crippen LogP contribution in [-0.2, 0) is 12.8 Å². The second-order valence-corrected chi connectivity index (χ2v) is 5.54. The number of anilines is 1. The Kier molecular flexibility index (Phi) is 3.64. The monoisotopic (exact) mass is 267 g/mol. The first-order valence-corrected chi connectivity index (χ1v) is 7.28. The molecule has 0 aliphatic carbocycles. The summed E-state index contributed by atoms with van der Waals surface area (Å²) in [6, 6.07) is 13.1. The third-order valence-electron chi connectivity index (χ3n) is 3.88. The summed E-state index contributed by atoms with van der Waals surface area (Å²) in [5, 5.41) is 3.54. The molecule has 1 N–H and O–H groups in total. The summed E-state index contributed by atoms with van der Waals surface area (Å²) in [6.45, 7) is 6.07. The van der Waals surface area contributed by atoms with Gasteiger partial charge in [0.25, 0.3) is 0 Å².